The lowest BCUT2D eigenvalue weighted by Crippen LogP contribution is -1.94. The molecule has 0 N–H and O–H groups in total. The van der Waals surface area contributed by atoms with Gasteiger partial charge in [0.25, 0.3) is 0 Å². The van der Waals surface area contributed by atoms with E-state index in [1.807, 2.05) is 24.9 Å². The lowest BCUT2D eigenvalue weighted by molar-refractivity contribution is 0.706. The Morgan fingerprint density at radius 3 is 2.75 bits per heavy atom. The molecule has 1 aromatic heterocycles. The van der Waals surface area contributed by atoms with Crippen molar-refractivity contribution < 1.29 is 0 Å². The smallest absolute Gasteiger partial charge is 0.126 e. The summed E-state index contributed by atoms with van der Waals surface area (Å²) in [6.07, 6.45) is 6.44. The van der Waals surface area contributed by atoms with E-state index in [0.29, 0.717) is 0 Å². The van der Waals surface area contributed by atoms with Crippen molar-refractivity contribution in [3.8, 4) is 0 Å². The minimum atomic E-state index is 0.725. The van der Waals surface area contributed by atoms with Gasteiger partial charge in [0.05, 0.1) is 5.69 Å². The summed E-state index contributed by atoms with van der Waals surface area (Å²) < 4.78 is 1.73. The second-order valence-corrected chi connectivity index (χ2v) is 5.62. The molecule has 92 valence electrons. The molecule has 0 spiro atoms. The average Bonchev–Trinajstić information content (AvgIpc) is 2.57. The fraction of sp³-hybridized carbons (Fsp3) is 0.750. The first-order valence-electron chi connectivity index (χ1n) is 6.00. The van der Waals surface area contributed by atoms with Crippen LogP contribution in [0.5, 0.6) is 0 Å². The summed E-state index contributed by atoms with van der Waals surface area (Å²) in [4.78, 5) is 0. The Morgan fingerprint density at radius 1 is 1.31 bits per heavy atom. The molecule has 0 amide bonds. The van der Waals surface area contributed by atoms with Crippen molar-refractivity contribution in [3.63, 3.8) is 0 Å². The summed E-state index contributed by atoms with van der Waals surface area (Å²) in [5.41, 5.74) is 1.11. The molecule has 0 aliphatic heterocycles. The number of unbranched alkanes of at least 4 members (excludes halogenated alkanes) is 3. The second-order valence-electron chi connectivity index (χ2n) is 4.01. The number of nitrogens with zero attached hydrogens (tertiary/aromatic N) is 2. The third-order valence-corrected chi connectivity index (χ3v) is 3.94. The maximum Gasteiger partial charge on any atom is 0.126 e. The Morgan fingerprint density at radius 2 is 2.12 bits per heavy atom. The number of halogens is 1. The third-order valence-electron chi connectivity index (χ3n) is 2.52. The van der Waals surface area contributed by atoms with E-state index < -0.39 is 0 Å². The molecule has 0 unspecified atom stereocenters. The predicted molar refractivity (Wildman–Crippen MR) is 73.4 cm³/mol. The third kappa shape index (κ3) is 5.26. The van der Waals surface area contributed by atoms with Crippen molar-refractivity contribution in [2.45, 2.75) is 39.0 Å². The van der Waals surface area contributed by atoms with E-state index in [0.717, 1.165) is 23.0 Å². The largest absolute Gasteiger partial charge is 0.257 e. The molecule has 4 heteroatoms. The van der Waals surface area contributed by atoms with Crippen LogP contribution in [0.1, 0.15) is 38.3 Å². The van der Waals surface area contributed by atoms with Crippen LogP contribution >= 0.6 is 23.4 Å². The van der Waals surface area contributed by atoms with Crippen LogP contribution in [0.3, 0.4) is 0 Å². The fourth-order valence-corrected chi connectivity index (χ4v) is 2.66. The van der Waals surface area contributed by atoms with Gasteiger partial charge in [-0.25, -0.2) is 0 Å². The molecule has 0 bridgehead atoms. The zero-order chi connectivity index (χ0) is 11.8. The first-order chi connectivity index (χ1) is 7.74. The maximum absolute atomic E-state index is 5.92. The summed E-state index contributed by atoms with van der Waals surface area (Å²) in [5.74, 6) is 2.43. The normalized spacial score (nSPS) is 10.9. The van der Waals surface area contributed by atoms with Gasteiger partial charge < -0.3 is 0 Å². The van der Waals surface area contributed by atoms with Gasteiger partial charge in [-0.2, -0.15) is 16.9 Å². The van der Waals surface area contributed by atoms with Crippen molar-refractivity contribution in [2.75, 3.05) is 11.5 Å². The molecule has 0 atom stereocenters. The SMILES string of the molecule is CCCCCCSCCc1cc(Cl)n(C)n1. The van der Waals surface area contributed by atoms with Crippen LogP contribution in [0.4, 0.5) is 0 Å². The molecular weight excluding hydrogens is 240 g/mol. The van der Waals surface area contributed by atoms with Crippen LogP contribution in [0.15, 0.2) is 6.07 Å². The van der Waals surface area contributed by atoms with Crippen LogP contribution in [0, 0.1) is 0 Å². The molecule has 1 aromatic rings. The Bertz CT molecular complexity index is 280. The molecule has 0 aliphatic carbocycles. The highest BCUT2D eigenvalue weighted by Gasteiger charge is 2.01. The fourth-order valence-electron chi connectivity index (χ4n) is 1.53. The summed E-state index contributed by atoms with van der Waals surface area (Å²) in [7, 11) is 1.88. The zero-order valence-electron chi connectivity index (χ0n) is 10.2. The maximum atomic E-state index is 5.92. The van der Waals surface area contributed by atoms with Gasteiger partial charge in [0.15, 0.2) is 0 Å². The molecule has 0 aliphatic rings. The topological polar surface area (TPSA) is 17.8 Å². The van der Waals surface area contributed by atoms with Crippen molar-refractivity contribution >= 4 is 23.4 Å². The summed E-state index contributed by atoms with van der Waals surface area (Å²) in [6, 6.07) is 1.96. The van der Waals surface area contributed by atoms with Crippen LogP contribution in [-0.2, 0) is 13.5 Å². The Labute approximate surface area is 108 Å². The highest BCUT2D eigenvalue weighted by molar-refractivity contribution is 7.99. The molecule has 0 fully saturated rings. The van der Waals surface area contributed by atoms with Crippen molar-refractivity contribution in [2.24, 2.45) is 7.05 Å². The van der Waals surface area contributed by atoms with E-state index in [1.165, 1.54) is 31.4 Å². The van der Waals surface area contributed by atoms with Crippen LogP contribution in [0.25, 0.3) is 0 Å². The number of thioether (sulfide) groups is 1. The summed E-state index contributed by atoms with van der Waals surface area (Å²) in [5, 5.41) is 5.05. The van der Waals surface area contributed by atoms with Gasteiger partial charge in [-0.1, -0.05) is 37.8 Å². The highest BCUT2D eigenvalue weighted by atomic mass is 35.5. The molecule has 16 heavy (non-hydrogen) atoms. The number of hydrogen-bond acceptors (Lipinski definition) is 2. The molecule has 2 nitrogen and oxygen atoms in total. The van der Waals surface area contributed by atoms with Gasteiger partial charge in [-0.05, 0) is 24.0 Å². The Kier molecular flexibility index (Phi) is 6.97. The quantitative estimate of drug-likeness (QED) is 0.659. The number of aryl methyl sites for hydroxylation is 2. The van der Waals surface area contributed by atoms with E-state index in [4.69, 9.17) is 11.6 Å². The van der Waals surface area contributed by atoms with Gasteiger partial charge >= 0.3 is 0 Å². The molecule has 1 rings (SSSR count). The Balaban J connectivity index is 2.03. The minimum absolute atomic E-state index is 0.725. The molecular formula is C12H21ClN2S. The van der Waals surface area contributed by atoms with Gasteiger partial charge in [0.1, 0.15) is 5.15 Å². The molecule has 0 radical (unpaired) electrons. The van der Waals surface area contributed by atoms with E-state index in [1.54, 1.807) is 4.68 Å². The minimum Gasteiger partial charge on any atom is -0.257 e. The molecule has 0 saturated heterocycles. The van der Waals surface area contributed by atoms with Crippen LogP contribution < -0.4 is 0 Å². The first-order valence-corrected chi connectivity index (χ1v) is 7.53. The summed E-state index contributed by atoms with van der Waals surface area (Å²) >= 11 is 7.94. The highest BCUT2D eigenvalue weighted by Crippen LogP contribution is 2.13. The predicted octanol–water partition coefficient (Wildman–Crippen LogP) is 3.93. The average molecular weight is 261 g/mol. The van der Waals surface area contributed by atoms with Crippen molar-refractivity contribution in [1.82, 2.24) is 9.78 Å². The second kappa shape index (κ2) is 8.02. The standard InChI is InChI=1S/C12H21ClN2S/c1-3-4-5-6-8-16-9-7-11-10-12(13)15(2)14-11/h10H,3-9H2,1-2H3. The lowest BCUT2D eigenvalue weighted by atomic mass is 10.2. The molecule has 0 aromatic carbocycles. The monoisotopic (exact) mass is 260 g/mol. The van der Waals surface area contributed by atoms with E-state index in [-0.39, 0.29) is 0 Å². The van der Waals surface area contributed by atoms with E-state index in [9.17, 15) is 0 Å². The van der Waals surface area contributed by atoms with Crippen LogP contribution in [0.2, 0.25) is 5.15 Å². The number of aromatic nitrogens is 2. The van der Waals surface area contributed by atoms with Gasteiger partial charge in [0, 0.05) is 13.5 Å². The Hall–Kier alpha value is -0.150. The first kappa shape index (κ1) is 13.9. The van der Waals surface area contributed by atoms with Crippen molar-refractivity contribution in [3.05, 3.63) is 16.9 Å². The number of hydrogen-bond donors (Lipinski definition) is 0. The van der Waals surface area contributed by atoms with E-state index >= 15 is 0 Å². The van der Waals surface area contributed by atoms with Gasteiger partial charge in [-0.3, -0.25) is 4.68 Å². The lowest BCUT2D eigenvalue weighted by Gasteiger charge is -1.99. The van der Waals surface area contributed by atoms with E-state index in [2.05, 4.69) is 12.0 Å². The van der Waals surface area contributed by atoms with Gasteiger partial charge in [0.2, 0.25) is 0 Å². The molecule has 1 heterocycles. The number of rotatable bonds is 8. The van der Waals surface area contributed by atoms with Crippen molar-refractivity contribution in [1.29, 1.82) is 0 Å². The summed E-state index contributed by atoms with van der Waals surface area (Å²) in [6.45, 7) is 2.25. The van der Waals surface area contributed by atoms with Crippen LogP contribution in [-0.4, -0.2) is 21.3 Å². The van der Waals surface area contributed by atoms with Gasteiger partial charge in [-0.15, -0.1) is 0 Å². The zero-order valence-corrected chi connectivity index (χ0v) is 11.8. The molecule has 0 saturated carbocycles.